The molecule has 0 radical (unpaired) electrons. The van der Waals surface area contributed by atoms with Gasteiger partial charge in [0.15, 0.2) is 0 Å². The first-order valence-electron chi connectivity index (χ1n) is 15.0. The highest BCUT2D eigenvalue weighted by Gasteiger charge is 2.48. The molecule has 0 spiro atoms. The highest BCUT2D eigenvalue weighted by atomic mass is 19.1. The lowest BCUT2D eigenvalue weighted by molar-refractivity contribution is -0.142. The molecule has 1 aromatic rings. The second-order valence-electron chi connectivity index (χ2n) is 12.9. The maximum Gasteiger partial charge on any atom is 0.478 e. The van der Waals surface area contributed by atoms with Crippen molar-refractivity contribution in [3.63, 3.8) is 0 Å². The molecule has 3 fully saturated rings. The van der Waals surface area contributed by atoms with E-state index in [-0.39, 0.29) is 38.8 Å². The van der Waals surface area contributed by atoms with Crippen molar-refractivity contribution in [3.8, 4) is 0 Å². The van der Waals surface area contributed by atoms with E-state index in [1.54, 1.807) is 32.9 Å². The summed E-state index contributed by atoms with van der Waals surface area (Å²) in [5.41, 5.74) is 0.377. The Hall–Kier alpha value is -3.39. The highest BCUT2D eigenvalue weighted by Crippen LogP contribution is 2.30. The number of amides is 4. The smallest absolute Gasteiger partial charge is 0.446 e. The fourth-order valence-corrected chi connectivity index (χ4v) is 6.22. The van der Waals surface area contributed by atoms with Crippen molar-refractivity contribution in [1.29, 1.82) is 0 Å². The predicted molar refractivity (Wildman–Crippen MR) is 152 cm³/mol. The van der Waals surface area contributed by atoms with Crippen LogP contribution in [-0.4, -0.2) is 89.3 Å². The third kappa shape index (κ3) is 7.06. The second-order valence-corrected chi connectivity index (χ2v) is 12.9. The zero-order valence-corrected chi connectivity index (χ0v) is 24.8. The van der Waals surface area contributed by atoms with Crippen molar-refractivity contribution in [2.45, 2.75) is 103 Å². The zero-order chi connectivity index (χ0) is 30.9. The minimum Gasteiger partial charge on any atom is -0.446 e. The molecule has 3 aliphatic heterocycles. The number of rotatable bonds is 6. The Bertz CT molecular complexity index is 1240. The lowest BCUT2D eigenvalue weighted by Crippen LogP contribution is -2.59. The van der Waals surface area contributed by atoms with E-state index in [1.165, 1.54) is 15.9 Å². The molecule has 5 rings (SSSR count). The summed E-state index contributed by atoms with van der Waals surface area (Å²) in [7, 11) is -1.17. The first-order chi connectivity index (χ1) is 20.4. The summed E-state index contributed by atoms with van der Waals surface area (Å²) in [6.07, 6.45) is 1.49. The molecule has 3 N–H and O–H groups in total. The minimum atomic E-state index is -1.17. The Morgan fingerprint density at radius 3 is 2.49 bits per heavy atom. The Morgan fingerprint density at radius 2 is 1.84 bits per heavy atom. The van der Waals surface area contributed by atoms with Crippen LogP contribution < -0.4 is 10.6 Å². The molecule has 43 heavy (non-hydrogen) atoms. The topological polar surface area (TPSA) is 147 Å². The normalized spacial score (nSPS) is 24.6. The summed E-state index contributed by atoms with van der Waals surface area (Å²) in [4.78, 5) is 56.2. The Kier molecular flexibility index (Phi) is 9.16. The van der Waals surface area contributed by atoms with E-state index in [0.29, 0.717) is 17.5 Å². The van der Waals surface area contributed by atoms with Gasteiger partial charge < -0.3 is 34.7 Å². The van der Waals surface area contributed by atoms with Crippen molar-refractivity contribution < 1.29 is 42.7 Å². The van der Waals surface area contributed by atoms with Gasteiger partial charge in [-0.2, -0.15) is 0 Å². The van der Waals surface area contributed by atoms with E-state index in [0.717, 1.165) is 25.7 Å². The van der Waals surface area contributed by atoms with Crippen molar-refractivity contribution >= 4 is 31.1 Å². The summed E-state index contributed by atoms with van der Waals surface area (Å²) in [5, 5.41) is 15.5. The molecule has 2 saturated heterocycles. The van der Waals surface area contributed by atoms with Crippen molar-refractivity contribution in [1.82, 2.24) is 20.4 Å². The number of fused-ring (bicyclic) bond motifs is 1. The first kappa shape index (κ1) is 31.1. The van der Waals surface area contributed by atoms with E-state index >= 15 is 0 Å². The van der Waals surface area contributed by atoms with Gasteiger partial charge in [-0.05, 0) is 49.1 Å². The summed E-state index contributed by atoms with van der Waals surface area (Å²) >= 11 is 0. The number of benzene rings is 1. The monoisotopic (exact) mass is 602 g/mol. The number of nitrogens with one attached hydrogen (secondary N) is 2. The number of carbonyl (C=O) groups is 4. The van der Waals surface area contributed by atoms with Crippen LogP contribution in [0, 0.1) is 11.2 Å². The third-order valence-electron chi connectivity index (χ3n) is 8.64. The van der Waals surface area contributed by atoms with Gasteiger partial charge in [0, 0.05) is 25.1 Å². The Labute approximate surface area is 250 Å². The first-order valence-corrected chi connectivity index (χ1v) is 15.0. The molecular weight excluding hydrogens is 562 g/mol. The molecular formula is C29H40BFN4O8. The van der Waals surface area contributed by atoms with Crippen molar-refractivity contribution in [2.75, 3.05) is 13.2 Å². The second kappa shape index (κ2) is 12.7. The quantitative estimate of drug-likeness (QED) is 0.421. The van der Waals surface area contributed by atoms with E-state index in [2.05, 4.69) is 10.6 Å². The fourth-order valence-electron chi connectivity index (χ4n) is 6.22. The van der Waals surface area contributed by atoms with Crippen LogP contribution in [0.4, 0.5) is 14.0 Å². The lowest BCUT2D eigenvalue weighted by Gasteiger charge is -2.35. The van der Waals surface area contributed by atoms with Crippen LogP contribution in [0.15, 0.2) is 18.2 Å². The molecule has 4 amide bonds. The molecule has 1 saturated carbocycles. The van der Waals surface area contributed by atoms with Gasteiger partial charge in [-0.25, -0.2) is 14.0 Å². The molecule has 0 unspecified atom stereocenters. The molecule has 14 heteroatoms. The molecule has 1 aliphatic carbocycles. The molecule has 0 aromatic heterocycles. The number of likely N-dealkylation sites (tertiary alicyclic amines) is 1. The predicted octanol–water partition coefficient (Wildman–Crippen LogP) is 2.26. The van der Waals surface area contributed by atoms with Crippen LogP contribution in [0.1, 0.15) is 70.4 Å². The van der Waals surface area contributed by atoms with Gasteiger partial charge in [0.1, 0.15) is 30.1 Å². The van der Waals surface area contributed by atoms with E-state index < -0.39 is 66.5 Å². The van der Waals surface area contributed by atoms with E-state index in [4.69, 9.17) is 14.1 Å². The molecule has 1 aromatic carbocycles. The van der Waals surface area contributed by atoms with Gasteiger partial charge in [-0.1, -0.05) is 32.9 Å². The highest BCUT2D eigenvalue weighted by molar-refractivity contribution is 6.46. The van der Waals surface area contributed by atoms with Crippen LogP contribution in [0.25, 0.3) is 0 Å². The maximum absolute atomic E-state index is 14.2. The summed E-state index contributed by atoms with van der Waals surface area (Å²) in [6, 6.07) is 2.60. The van der Waals surface area contributed by atoms with Crippen molar-refractivity contribution in [3.05, 3.63) is 35.1 Å². The fraction of sp³-hybridized carbons (Fsp3) is 0.655. The average molecular weight is 602 g/mol. The Balaban J connectivity index is 1.30. The summed E-state index contributed by atoms with van der Waals surface area (Å²) in [6.45, 7) is 5.81. The summed E-state index contributed by atoms with van der Waals surface area (Å²) < 4.78 is 30.7. The molecule has 3 heterocycles. The number of halogens is 1. The van der Waals surface area contributed by atoms with Gasteiger partial charge in [0.05, 0.1) is 19.0 Å². The number of hydrogen-bond acceptors (Lipinski definition) is 8. The molecule has 12 nitrogen and oxygen atoms in total. The molecule has 4 aliphatic rings. The van der Waals surface area contributed by atoms with Gasteiger partial charge in [-0.3, -0.25) is 14.5 Å². The number of carbonyl (C=O) groups excluding carboxylic acids is 4. The Morgan fingerprint density at radius 1 is 1.09 bits per heavy atom. The zero-order valence-electron chi connectivity index (χ0n) is 24.8. The van der Waals surface area contributed by atoms with Crippen LogP contribution in [-0.2, 0) is 36.8 Å². The molecule has 234 valence electrons. The average Bonchev–Trinajstić information content (AvgIpc) is 3.74. The maximum atomic E-state index is 14.2. The number of ether oxygens (including phenoxy) is 2. The minimum absolute atomic E-state index is 0.00547. The molecule has 0 bridgehead atoms. The van der Waals surface area contributed by atoms with Crippen LogP contribution in [0.2, 0.25) is 0 Å². The largest absolute Gasteiger partial charge is 0.478 e. The lowest BCUT2D eigenvalue weighted by atomic mass is 9.80. The SMILES string of the molecule is CC(C)(C)[C@H](NC(=O)OC1CCCC1)C(=O)N1C[C@H](OC(=O)N2Cc3cccc(F)c3C2)C[C@H]1C(=O)N[C@@H]1CCOB1O. The van der Waals surface area contributed by atoms with Crippen LogP contribution in [0.3, 0.4) is 0 Å². The van der Waals surface area contributed by atoms with Crippen molar-refractivity contribution in [2.24, 2.45) is 5.41 Å². The van der Waals surface area contributed by atoms with Gasteiger partial charge in [0.2, 0.25) is 11.8 Å². The standard InChI is InChI=1S/C29H40BFN4O8/c1-29(2,3)24(33-27(38)42-18-8-4-5-9-18)26(37)35-15-19(13-22(35)25(36)32-23-11-12-41-30(23)40)43-28(39)34-14-17-7-6-10-21(31)20(17)16-34/h6-7,10,18-19,22-24,40H,4-5,8-9,11-16H2,1-3H3,(H,32,36)(H,33,38)/t19-,22+,23-,24-/m1/s1. The number of hydrogen-bond donors (Lipinski definition) is 3. The van der Waals surface area contributed by atoms with Gasteiger partial charge >= 0.3 is 19.3 Å². The van der Waals surface area contributed by atoms with Gasteiger partial charge in [-0.15, -0.1) is 0 Å². The molecule has 4 atom stereocenters. The third-order valence-corrected chi connectivity index (χ3v) is 8.64. The number of alkyl carbamates (subject to hydrolysis) is 1. The van der Waals surface area contributed by atoms with Gasteiger partial charge in [0.25, 0.3) is 0 Å². The summed E-state index contributed by atoms with van der Waals surface area (Å²) in [5.74, 6) is -2.10. The van der Waals surface area contributed by atoms with E-state index in [9.17, 15) is 28.6 Å². The van der Waals surface area contributed by atoms with E-state index in [1.807, 2.05) is 0 Å². The number of nitrogens with zero attached hydrogens (tertiary/aromatic N) is 2. The van der Waals surface area contributed by atoms with Crippen LogP contribution in [0.5, 0.6) is 0 Å². The van der Waals surface area contributed by atoms with Crippen LogP contribution >= 0.6 is 0 Å².